The minimum absolute atomic E-state index is 0.0914. The Hall–Kier alpha value is -1.43. The second kappa shape index (κ2) is 4.71. The van der Waals surface area contributed by atoms with E-state index in [2.05, 4.69) is 15.3 Å². The van der Waals surface area contributed by atoms with Crippen molar-refractivity contribution in [2.45, 2.75) is 19.2 Å². The number of aliphatic hydroxyl groups is 1. The number of nitrogens with two attached hydrogens (primary N) is 1. The van der Waals surface area contributed by atoms with E-state index in [1.54, 1.807) is 0 Å². The second-order valence-corrected chi connectivity index (χ2v) is 2.95. The first-order valence-electron chi connectivity index (χ1n) is 4.23. The molecule has 78 valence electrons. The number of alkyl halides is 1. The van der Waals surface area contributed by atoms with Gasteiger partial charge in [0.2, 0.25) is 0 Å². The van der Waals surface area contributed by atoms with E-state index in [9.17, 15) is 4.39 Å². The Bertz CT molecular complexity index is 294. The highest BCUT2D eigenvalue weighted by atomic mass is 19.1. The Labute approximate surface area is 81.2 Å². The Morgan fingerprint density at radius 3 is 2.93 bits per heavy atom. The molecule has 1 rings (SSSR count). The lowest BCUT2D eigenvalue weighted by Gasteiger charge is -2.12. The molecule has 0 spiro atoms. The van der Waals surface area contributed by atoms with E-state index in [1.165, 1.54) is 19.3 Å². The average Bonchev–Trinajstić information content (AvgIpc) is 2.14. The maximum absolute atomic E-state index is 12.5. The third-order valence-electron chi connectivity index (χ3n) is 1.71. The topological polar surface area (TPSA) is 84.1 Å². The summed E-state index contributed by atoms with van der Waals surface area (Å²) in [5.74, 6) is 0.794. The van der Waals surface area contributed by atoms with Crippen LogP contribution in [0.4, 0.5) is 16.0 Å². The molecule has 4 N–H and O–H groups in total. The zero-order chi connectivity index (χ0) is 10.6. The Morgan fingerprint density at radius 1 is 1.64 bits per heavy atom. The molecule has 2 atom stereocenters. The monoisotopic (exact) mass is 200 g/mol. The number of aromatic nitrogens is 2. The molecule has 1 aromatic rings. The minimum atomic E-state index is -1.28. The van der Waals surface area contributed by atoms with Gasteiger partial charge in [-0.15, -0.1) is 0 Å². The van der Waals surface area contributed by atoms with Gasteiger partial charge in [0.1, 0.15) is 30.2 Å². The average molecular weight is 200 g/mol. The molecule has 5 nitrogen and oxygen atoms in total. The number of nitrogen functional groups attached to an aromatic ring is 1. The quantitative estimate of drug-likeness (QED) is 0.646. The Balaban J connectivity index is 2.45. The van der Waals surface area contributed by atoms with Crippen molar-refractivity contribution in [3.05, 3.63) is 12.4 Å². The normalized spacial score (nSPS) is 14.8. The fraction of sp³-hybridized carbons (Fsp3) is 0.500. The van der Waals surface area contributed by atoms with Gasteiger partial charge in [0.05, 0.1) is 0 Å². The zero-order valence-corrected chi connectivity index (χ0v) is 7.81. The van der Waals surface area contributed by atoms with E-state index in [4.69, 9.17) is 10.8 Å². The van der Waals surface area contributed by atoms with E-state index < -0.39 is 12.3 Å². The molecule has 0 bridgehead atoms. The summed E-state index contributed by atoms with van der Waals surface area (Å²) in [7, 11) is 0. The van der Waals surface area contributed by atoms with Crippen LogP contribution in [0.15, 0.2) is 12.4 Å². The van der Waals surface area contributed by atoms with Crippen LogP contribution < -0.4 is 11.1 Å². The van der Waals surface area contributed by atoms with Gasteiger partial charge in [-0.3, -0.25) is 0 Å². The third kappa shape index (κ3) is 3.14. The lowest BCUT2D eigenvalue weighted by atomic mass is 10.2. The summed E-state index contributed by atoms with van der Waals surface area (Å²) >= 11 is 0. The number of nitrogens with zero attached hydrogens (tertiary/aromatic N) is 2. The summed E-state index contributed by atoms with van der Waals surface area (Å²) in [5.41, 5.74) is 5.40. The summed E-state index contributed by atoms with van der Waals surface area (Å²) < 4.78 is 12.5. The first kappa shape index (κ1) is 10.6. The molecule has 14 heavy (non-hydrogen) atoms. The first-order chi connectivity index (χ1) is 6.59. The van der Waals surface area contributed by atoms with Crippen molar-refractivity contribution < 1.29 is 9.50 Å². The van der Waals surface area contributed by atoms with Crippen LogP contribution in [0.3, 0.4) is 0 Å². The highest BCUT2D eigenvalue weighted by Crippen LogP contribution is 2.05. The maximum Gasteiger partial charge on any atom is 0.131 e. The molecule has 6 heteroatoms. The molecule has 0 aliphatic rings. The summed E-state index contributed by atoms with van der Waals surface area (Å²) in [5, 5.41) is 11.9. The van der Waals surface area contributed by atoms with Crippen LogP contribution >= 0.6 is 0 Å². The highest BCUT2D eigenvalue weighted by Gasteiger charge is 2.12. The van der Waals surface area contributed by atoms with Gasteiger partial charge in [-0.2, -0.15) is 0 Å². The predicted octanol–water partition coefficient (Wildman–Crippen LogP) is 0.190. The number of hydrogen-bond acceptors (Lipinski definition) is 5. The third-order valence-corrected chi connectivity index (χ3v) is 1.71. The standard InChI is InChI=1S/C8H13FN4O/c1-5(9)6(14)3-11-8-2-7(10)12-4-13-8/h2,4-6,14H,3H2,1H3,(H3,10,11,12,13). The molecule has 1 heterocycles. The number of aliphatic hydroxyl groups excluding tert-OH is 1. The first-order valence-corrected chi connectivity index (χ1v) is 4.23. The molecule has 0 aliphatic heterocycles. The molecule has 0 aromatic carbocycles. The zero-order valence-electron chi connectivity index (χ0n) is 7.81. The van der Waals surface area contributed by atoms with Gasteiger partial charge in [-0.05, 0) is 6.92 Å². The fourth-order valence-corrected chi connectivity index (χ4v) is 0.841. The van der Waals surface area contributed by atoms with Gasteiger partial charge in [-0.1, -0.05) is 0 Å². The van der Waals surface area contributed by atoms with Crippen LogP contribution in [0.2, 0.25) is 0 Å². The summed E-state index contributed by atoms with van der Waals surface area (Å²) in [6.07, 6.45) is -1.03. The molecular weight excluding hydrogens is 187 g/mol. The van der Waals surface area contributed by atoms with E-state index in [0.29, 0.717) is 11.6 Å². The van der Waals surface area contributed by atoms with E-state index >= 15 is 0 Å². The molecule has 2 unspecified atom stereocenters. The molecule has 0 saturated heterocycles. The number of anilines is 2. The fourth-order valence-electron chi connectivity index (χ4n) is 0.841. The van der Waals surface area contributed by atoms with E-state index in [1.807, 2.05) is 0 Å². The van der Waals surface area contributed by atoms with Crippen molar-refractivity contribution in [3.8, 4) is 0 Å². The van der Waals surface area contributed by atoms with Gasteiger partial charge in [0.15, 0.2) is 0 Å². The van der Waals surface area contributed by atoms with Gasteiger partial charge < -0.3 is 16.2 Å². The molecule has 0 fully saturated rings. The molecule has 0 amide bonds. The number of halogens is 1. The van der Waals surface area contributed by atoms with Gasteiger partial charge in [0.25, 0.3) is 0 Å². The van der Waals surface area contributed by atoms with Crippen molar-refractivity contribution in [1.29, 1.82) is 0 Å². The maximum atomic E-state index is 12.5. The van der Waals surface area contributed by atoms with E-state index in [0.717, 1.165) is 0 Å². The second-order valence-electron chi connectivity index (χ2n) is 2.95. The van der Waals surface area contributed by atoms with Gasteiger partial charge in [-0.25, -0.2) is 14.4 Å². The van der Waals surface area contributed by atoms with Crippen molar-refractivity contribution in [3.63, 3.8) is 0 Å². The molecule has 1 aromatic heterocycles. The van der Waals surface area contributed by atoms with Crippen LogP contribution in [-0.4, -0.2) is 33.9 Å². The van der Waals surface area contributed by atoms with E-state index in [-0.39, 0.29) is 6.54 Å². The molecule has 0 aliphatic carbocycles. The Morgan fingerprint density at radius 2 is 2.36 bits per heavy atom. The number of hydrogen-bond donors (Lipinski definition) is 3. The van der Waals surface area contributed by atoms with Gasteiger partial charge in [0, 0.05) is 12.6 Å². The van der Waals surface area contributed by atoms with Gasteiger partial charge >= 0.3 is 0 Å². The van der Waals surface area contributed by atoms with Crippen LogP contribution in [0.1, 0.15) is 6.92 Å². The van der Waals surface area contributed by atoms with Crippen molar-refractivity contribution in [2.75, 3.05) is 17.6 Å². The predicted molar refractivity (Wildman–Crippen MR) is 51.5 cm³/mol. The lowest BCUT2D eigenvalue weighted by Crippen LogP contribution is -2.27. The Kier molecular flexibility index (Phi) is 3.58. The van der Waals surface area contributed by atoms with Crippen LogP contribution in [0.25, 0.3) is 0 Å². The minimum Gasteiger partial charge on any atom is -0.388 e. The van der Waals surface area contributed by atoms with Crippen molar-refractivity contribution in [2.24, 2.45) is 0 Å². The summed E-state index contributed by atoms with van der Waals surface area (Å²) in [6.45, 7) is 1.38. The van der Waals surface area contributed by atoms with Crippen LogP contribution in [0.5, 0.6) is 0 Å². The lowest BCUT2D eigenvalue weighted by molar-refractivity contribution is 0.0986. The molecule has 0 radical (unpaired) electrons. The summed E-state index contributed by atoms with van der Waals surface area (Å²) in [6, 6.07) is 1.51. The number of rotatable bonds is 4. The molecular formula is C8H13FN4O. The largest absolute Gasteiger partial charge is 0.388 e. The SMILES string of the molecule is CC(F)C(O)CNc1cc(N)ncn1. The van der Waals surface area contributed by atoms with Crippen molar-refractivity contribution in [1.82, 2.24) is 9.97 Å². The van der Waals surface area contributed by atoms with Crippen LogP contribution in [-0.2, 0) is 0 Å². The smallest absolute Gasteiger partial charge is 0.131 e. The highest BCUT2D eigenvalue weighted by molar-refractivity contribution is 5.43. The number of nitrogens with one attached hydrogen (secondary N) is 1. The van der Waals surface area contributed by atoms with Crippen molar-refractivity contribution >= 4 is 11.6 Å². The molecule has 0 saturated carbocycles. The summed E-state index contributed by atoms with van der Waals surface area (Å²) in [4.78, 5) is 7.53. The van der Waals surface area contributed by atoms with Crippen LogP contribution in [0, 0.1) is 0 Å².